The second-order valence-electron chi connectivity index (χ2n) is 4.55. The Balaban J connectivity index is 1.92. The lowest BCUT2D eigenvalue weighted by molar-refractivity contribution is 1.32. The summed E-state index contributed by atoms with van der Waals surface area (Å²) in [5.74, 6) is 0. The first-order valence-corrected chi connectivity index (χ1v) is 6.18. The number of hydrogen-bond acceptors (Lipinski definition) is 2. The van der Waals surface area contributed by atoms with Crippen molar-refractivity contribution in [3.63, 3.8) is 0 Å². The molecule has 0 bridgehead atoms. The van der Waals surface area contributed by atoms with Crippen LogP contribution in [0.1, 0.15) is 0 Å². The molecular formula is C16H11N3. The number of nitrogens with one attached hydrogen (secondary N) is 1. The van der Waals surface area contributed by atoms with Crippen molar-refractivity contribution in [3.8, 4) is 11.1 Å². The van der Waals surface area contributed by atoms with Crippen LogP contribution in [-0.4, -0.2) is 15.0 Å². The lowest BCUT2D eigenvalue weighted by Gasteiger charge is -2.03. The van der Waals surface area contributed by atoms with E-state index in [0.29, 0.717) is 0 Å². The molecule has 1 N–H and O–H groups in total. The molecule has 0 saturated carbocycles. The first-order chi connectivity index (χ1) is 9.40. The van der Waals surface area contributed by atoms with Gasteiger partial charge in [0.1, 0.15) is 5.65 Å². The van der Waals surface area contributed by atoms with Crippen molar-refractivity contribution in [1.82, 2.24) is 15.0 Å². The average Bonchev–Trinajstić information content (AvgIpc) is 2.94. The lowest BCUT2D eigenvalue weighted by Crippen LogP contribution is -1.83. The Hall–Kier alpha value is -2.68. The van der Waals surface area contributed by atoms with E-state index in [0.717, 1.165) is 33.1 Å². The summed E-state index contributed by atoms with van der Waals surface area (Å²) in [7, 11) is 0. The Morgan fingerprint density at radius 1 is 0.842 bits per heavy atom. The molecule has 0 aliphatic rings. The highest BCUT2D eigenvalue weighted by Gasteiger charge is 2.03. The summed E-state index contributed by atoms with van der Waals surface area (Å²) in [6.45, 7) is 0. The van der Waals surface area contributed by atoms with E-state index in [1.165, 1.54) is 0 Å². The zero-order valence-electron chi connectivity index (χ0n) is 10.2. The summed E-state index contributed by atoms with van der Waals surface area (Å²) in [5.41, 5.74) is 4.18. The number of aromatic amines is 1. The van der Waals surface area contributed by atoms with E-state index in [4.69, 9.17) is 0 Å². The van der Waals surface area contributed by atoms with Crippen LogP contribution in [0.5, 0.6) is 0 Å². The second kappa shape index (κ2) is 3.92. The maximum atomic E-state index is 4.42. The van der Waals surface area contributed by atoms with Crippen molar-refractivity contribution in [2.75, 3.05) is 0 Å². The molecule has 0 saturated heterocycles. The SMILES string of the molecule is c1cnc2cc(-c3cnc4[nH]ccc4c3)ccc2c1. The van der Waals surface area contributed by atoms with Gasteiger partial charge in [0.05, 0.1) is 5.52 Å². The first-order valence-electron chi connectivity index (χ1n) is 6.18. The maximum absolute atomic E-state index is 4.42. The van der Waals surface area contributed by atoms with Crippen LogP contribution in [0, 0.1) is 0 Å². The molecule has 4 aromatic rings. The van der Waals surface area contributed by atoms with Gasteiger partial charge in [-0.05, 0) is 29.8 Å². The fourth-order valence-corrected chi connectivity index (χ4v) is 2.34. The Bertz CT molecular complexity index is 877. The smallest absolute Gasteiger partial charge is 0.137 e. The van der Waals surface area contributed by atoms with Gasteiger partial charge in [0.2, 0.25) is 0 Å². The van der Waals surface area contributed by atoms with Gasteiger partial charge >= 0.3 is 0 Å². The lowest BCUT2D eigenvalue weighted by atomic mass is 10.0. The van der Waals surface area contributed by atoms with Gasteiger partial charge in [-0.25, -0.2) is 4.98 Å². The molecule has 19 heavy (non-hydrogen) atoms. The van der Waals surface area contributed by atoms with Crippen LogP contribution in [0.4, 0.5) is 0 Å². The van der Waals surface area contributed by atoms with Gasteiger partial charge in [0, 0.05) is 34.9 Å². The van der Waals surface area contributed by atoms with Gasteiger partial charge in [-0.2, -0.15) is 0 Å². The van der Waals surface area contributed by atoms with Crippen LogP contribution in [0.25, 0.3) is 33.1 Å². The second-order valence-corrected chi connectivity index (χ2v) is 4.55. The molecule has 0 spiro atoms. The van der Waals surface area contributed by atoms with Crippen LogP contribution in [0.3, 0.4) is 0 Å². The van der Waals surface area contributed by atoms with E-state index in [1.807, 2.05) is 30.7 Å². The van der Waals surface area contributed by atoms with Crippen LogP contribution in [0.2, 0.25) is 0 Å². The molecule has 1 aromatic carbocycles. The highest BCUT2D eigenvalue weighted by molar-refractivity contribution is 5.86. The molecule has 0 amide bonds. The fourth-order valence-electron chi connectivity index (χ4n) is 2.34. The van der Waals surface area contributed by atoms with Crippen molar-refractivity contribution in [1.29, 1.82) is 0 Å². The molecule has 3 heterocycles. The van der Waals surface area contributed by atoms with Gasteiger partial charge in [0.25, 0.3) is 0 Å². The van der Waals surface area contributed by atoms with Crippen molar-refractivity contribution in [2.24, 2.45) is 0 Å². The van der Waals surface area contributed by atoms with E-state index < -0.39 is 0 Å². The number of aromatic nitrogens is 3. The number of nitrogens with zero attached hydrogens (tertiary/aromatic N) is 2. The number of benzene rings is 1. The highest BCUT2D eigenvalue weighted by Crippen LogP contribution is 2.25. The molecule has 0 atom stereocenters. The molecule has 4 rings (SSSR count). The van der Waals surface area contributed by atoms with Crippen molar-refractivity contribution < 1.29 is 0 Å². The Labute approximate surface area is 110 Å². The van der Waals surface area contributed by atoms with Gasteiger partial charge in [-0.1, -0.05) is 18.2 Å². The number of H-pyrrole nitrogens is 1. The van der Waals surface area contributed by atoms with E-state index in [1.54, 1.807) is 0 Å². The number of fused-ring (bicyclic) bond motifs is 2. The van der Waals surface area contributed by atoms with Gasteiger partial charge < -0.3 is 4.98 Å². The predicted molar refractivity (Wildman–Crippen MR) is 76.8 cm³/mol. The van der Waals surface area contributed by atoms with E-state index in [9.17, 15) is 0 Å². The van der Waals surface area contributed by atoms with Crippen molar-refractivity contribution in [2.45, 2.75) is 0 Å². The summed E-state index contributed by atoms with van der Waals surface area (Å²) < 4.78 is 0. The molecule has 0 radical (unpaired) electrons. The topological polar surface area (TPSA) is 41.6 Å². The van der Waals surface area contributed by atoms with E-state index >= 15 is 0 Å². The summed E-state index contributed by atoms with van der Waals surface area (Å²) in [6.07, 6.45) is 5.62. The molecule has 0 aliphatic heterocycles. The highest BCUT2D eigenvalue weighted by atomic mass is 14.8. The molecule has 0 unspecified atom stereocenters. The van der Waals surface area contributed by atoms with Gasteiger partial charge in [-0.15, -0.1) is 0 Å². The molecule has 3 aromatic heterocycles. The number of rotatable bonds is 1. The van der Waals surface area contributed by atoms with Crippen molar-refractivity contribution >= 4 is 21.9 Å². The average molecular weight is 245 g/mol. The summed E-state index contributed by atoms with van der Waals surface area (Å²) in [5, 5.41) is 2.28. The maximum Gasteiger partial charge on any atom is 0.137 e. The van der Waals surface area contributed by atoms with Gasteiger partial charge in [0.15, 0.2) is 0 Å². The minimum atomic E-state index is 0.919. The monoisotopic (exact) mass is 245 g/mol. The number of pyridine rings is 2. The first kappa shape index (κ1) is 10.3. The predicted octanol–water partition coefficient (Wildman–Crippen LogP) is 3.78. The molecule has 3 heteroatoms. The summed E-state index contributed by atoms with van der Waals surface area (Å²) in [4.78, 5) is 11.9. The Morgan fingerprint density at radius 3 is 2.84 bits per heavy atom. The Morgan fingerprint density at radius 2 is 1.84 bits per heavy atom. The molecule has 0 fully saturated rings. The normalized spacial score (nSPS) is 11.2. The third-order valence-corrected chi connectivity index (χ3v) is 3.34. The molecule has 0 aliphatic carbocycles. The van der Waals surface area contributed by atoms with Crippen molar-refractivity contribution in [3.05, 3.63) is 61.1 Å². The van der Waals surface area contributed by atoms with Crippen LogP contribution >= 0.6 is 0 Å². The zero-order chi connectivity index (χ0) is 12.7. The minimum absolute atomic E-state index is 0.919. The Kier molecular flexibility index (Phi) is 2.12. The molecular weight excluding hydrogens is 234 g/mol. The minimum Gasteiger partial charge on any atom is -0.346 e. The fraction of sp³-hybridized carbons (Fsp3) is 0. The van der Waals surface area contributed by atoms with Crippen LogP contribution in [0.15, 0.2) is 61.1 Å². The van der Waals surface area contributed by atoms with Gasteiger partial charge in [-0.3, -0.25) is 4.98 Å². The summed E-state index contributed by atoms with van der Waals surface area (Å²) in [6, 6.07) is 14.5. The van der Waals surface area contributed by atoms with E-state index in [2.05, 4.69) is 45.3 Å². The van der Waals surface area contributed by atoms with Crippen LogP contribution < -0.4 is 0 Å². The number of hydrogen-bond donors (Lipinski definition) is 1. The molecule has 3 nitrogen and oxygen atoms in total. The summed E-state index contributed by atoms with van der Waals surface area (Å²) >= 11 is 0. The quantitative estimate of drug-likeness (QED) is 0.554. The standard InChI is InChI=1S/C16H11N3/c1-2-11-3-4-12(9-15(11)17-6-1)14-8-13-5-7-18-16(13)19-10-14/h1-10H,(H,18,19). The zero-order valence-corrected chi connectivity index (χ0v) is 10.2. The molecule has 90 valence electrons. The third kappa shape index (κ3) is 1.67. The third-order valence-electron chi connectivity index (χ3n) is 3.34. The van der Waals surface area contributed by atoms with Crippen LogP contribution in [-0.2, 0) is 0 Å². The largest absolute Gasteiger partial charge is 0.346 e. The van der Waals surface area contributed by atoms with E-state index in [-0.39, 0.29) is 0 Å².